The Kier molecular flexibility index (Phi) is 2.96. The molecule has 0 radical (unpaired) electrons. The Balaban J connectivity index is 2.56. The molecule has 1 aliphatic rings. The standard InChI is InChI=1S/C13H18N2O2/c1-8(2)15-10-6-5-7-11(17-4)12(10)14-9(3)13(15)16/h5-9,14H,1-4H3. The lowest BCUT2D eigenvalue weighted by Crippen LogP contribution is -2.49. The van der Waals surface area contributed by atoms with E-state index in [1.807, 2.05) is 43.9 Å². The SMILES string of the molecule is COc1cccc2c1NC(C)C(=O)N2C(C)C. The van der Waals surface area contributed by atoms with E-state index >= 15 is 0 Å². The molecule has 1 atom stereocenters. The maximum Gasteiger partial charge on any atom is 0.249 e. The molecule has 2 rings (SSSR count). The molecule has 1 N–H and O–H groups in total. The van der Waals surface area contributed by atoms with Gasteiger partial charge < -0.3 is 15.0 Å². The molecule has 1 aliphatic heterocycles. The van der Waals surface area contributed by atoms with Gasteiger partial charge in [0.2, 0.25) is 5.91 Å². The van der Waals surface area contributed by atoms with Crippen LogP contribution in [0.1, 0.15) is 20.8 Å². The monoisotopic (exact) mass is 234 g/mol. The number of hydrogen-bond donors (Lipinski definition) is 1. The summed E-state index contributed by atoms with van der Waals surface area (Å²) in [5.41, 5.74) is 1.79. The number of carbonyl (C=O) groups is 1. The second-order valence-corrected chi connectivity index (χ2v) is 4.52. The maximum absolute atomic E-state index is 12.2. The summed E-state index contributed by atoms with van der Waals surface area (Å²) in [7, 11) is 1.64. The number of fused-ring (bicyclic) bond motifs is 1. The second kappa shape index (κ2) is 4.28. The fourth-order valence-electron chi connectivity index (χ4n) is 2.17. The van der Waals surface area contributed by atoms with Crippen LogP contribution in [0, 0.1) is 0 Å². The molecular formula is C13H18N2O2. The van der Waals surface area contributed by atoms with E-state index in [0.29, 0.717) is 0 Å². The number of amides is 1. The van der Waals surface area contributed by atoms with Crippen molar-refractivity contribution in [3.63, 3.8) is 0 Å². The molecule has 0 spiro atoms. The van der Waals surface area contributed by atoms with Crippen LogP contribution in [0.4, 0.5) is 11.4 Å². The number of benzene rings is 1. The van der Waals surface area contributed by atoms with Gasteiger partial charge in [-0.15, -0.1) is 0 Å². The topological polar surface area (TPSA) is 41.6 Å². The van der Waals surface area contributed by atoms with Crippen molar-refractivity contribution in [1.29, 1.82) is 0 Å². The average molecular weight is 234 g/mol. The molecular weight excluding hydrogens is 216 g/mol. The van der Waals surface area contributed by atoms with Crippen LogP contribution in [-0.4, -0.2) is 25.1 Å². The van der Waals surface area contributed by atoms with Crippen molar-refractivity contribution in [1.82, 2.24) is 0 Å². The number of para-hydroxylation sites is 1. The van der Waals surface area contributed by atoms with Crippen molar-refractivity contribution in [2.24, 2.45) is 0 Å². The highest BCUT2D eigenvalue weighted by molar-refractivity contribution is 6.06. The highest BCUT2D eigenvalue weighted by atomic mass is 16.5. The first-order chi connectivity index (χ1) is 8.06. The molecule has 1 heterocycles. The summed E-state index contributed by atoms with van der Waals surface area (Å²) in [6.07, 6.45) is 0. The minimum Gasteiger partial charge on any atom is -0.495 e. The van der Waals surface area contributed by atoms with E-state index in [0.717, 1.165) is 17.1 Å². The number of rotatable bonds is 2. The van der Waals surface area contributed by atoms with Crippen LogP contribution in [0.25, 0.3) is 0 Å². The highest BCUT2D eigenvalue weighted by Crippen LogP contribution is 2.39. The minimum absolute atomic E-state index is 0.0979. The molecule has 92 valence electrons. The van der Waals surface area contributed by atoms with E-state index in [2.05, 4.69) is 5.32 Å². The summed E-state index contributed by atoms with van der Waals surface area (Å²) >= 11 is 0. The molecule has 1 aromatic rings. The van der Waals surface area contributed by atoms with E-state index in [9.17, 15) is 4.79 Å². The molecule has 0 aliphatic carbocycles. The Bertz CT molecular complexity index is 443. The second-order valence-electron chi connectivity index (χ2n) is 4.52. The molecule has 1 amide bonds. The summed E-state index contributed by atoms with van der Waals surface area (Å²) in [5.74, 6) is 0.869. The molecule has 0 aromatic heterocycles. The Morgan fingerprint density at radius 2 is 2.12 bits per heavy atom. The number of hydrogen-bond acceptors (Lipinski definition) is 3. The average Bonchev–Trinajstić information content (AvgIpc) is 2.29. The highest BCUT2D eigenvalue weighted by Gasteiger charge is 2.32. The van der Waals surface area contributed by atoms with E-state index in [1.165, 1.54) is 0 Å². The summed E-state index contributed by atoms with van der Waals surface area (Å²) in [6.45, 7) is 5.89. The number of ether oxygens (including phenoxy) is 1. The van der Waals surface area contributed by atoms with Crippen LogP contribution in [0.3, 0.4) is 0 Å². The molecule has 0 fully saturated rings. The smallest absolute Gasteiger partial charge is 0.249 e. The van der Waals surface area contributed by atoms with Crippen LogP contribution in [0.15, 0.2) is 18.2 Å². The number of nitrogens with zero attached hydrogens (tertiary/aromatic N) is 1. The fraction of sp³-hybridized carbons (Fsp3) is 0.462. The summed E-state index contributed by atoms with van der Waals surface area (Å²) in [4.78, 5) is 14.0. The third-order valence-corrected chi connectivity index (χ3v) is 2.97. The lowest BCUT2D eigenvalue weighted by Gasteiger charge is -2.37. The Labute approximate surface area is 102 Å². The number of methoxy groups -OCH3 is 1. The van der Waals surface area contributed by atoms with Crippen molar-refractivity contribution in [3.05, 3.63) is 18.2 Å². The number of carbonyl (C=O) groups excluding carboxylic acids is 1. The van der Waals surface area contributed by atoms with Gasteiger partial charge in [-0.1, -0.05) is 6.07 Å². The van der Waals surface area contributed by atoms with Crippen LogP contribution >= 0.6 is 0 Å². The predicted molar refractivity (Wildman–Crippen MR) is 68.7 cm³/mol. The van der Waals surface area contributed by atoms with Crippen molar-refractivity contribution in [3.8, 4) is 5.75 Å². The maximum atomic E-state index is 12.2. The molecule has 0 saturated carbocycles. The summed E-state index contributed by atoms with van der Waals surface area (Å²) in [6, 6.07) is 5.65. The molecule has 4 heteroatoms. The van der Waals surface area contributed by atoms with Crippen LogP contribution < -0.4 is 15.0 Å². The minimum atomic E-state index is -0.221. The lowest BCUT2D eigenvalue weighted by atomic mass is 10.1. The summed E-state index contributed by atoms with van der Waals surface area (Å²) in [5, 5.41) is 3.20. The predicted octanol–water partition coefficient (Wildman–Crippen LogP) is 2.25. The molecule has 17 heavy (non-hydrogen) atoms. The Hall–Kier alpha value is -1.71. The van der Waals surface area contributed by atoms with Crippen LogP contribution in [0.5, 0.6) is 5.75 Å². The van der Waals surface area contributed by atoms with Gasteiger partial charge in [-0.3, -0.25) is 4.79 Å². The zero-order valence-corrected chi connectivity index (χ0v) is 10.7. The van der Waals surface area contributed by atoms with Crippen LogP contribution in [-0.2, 0) is 4.79 Å². The van der Waals surface area contributed by atoms with Crippen molar-refractivity contribution in [2.75, 3.05) is 17.3 Å². The van der Waals surface area contributed by atoms with Crippen molar-refractivity contribution in [2.45, 2.75) is 32.9 Å². The van der Waals surface area contributed by atoms with E-state index in [4.69, 9.17) is 4.74 Å². The van der Waals surface area contributed by atoms with Gasteiger partial charge >= 0.3 is 0 Å². The Morgan fingerprint density at radius 1 is 1.41 bits per heavy atom. The summed E-state index contributed by atoms with van der Waals surface area (Å²) < 4.78 is 5.32. The zero-order valence-electron chi connectivity index (χ0n) is 10.7. The number of nitrogens with one attached hydrogen (secondary N) is 1. The van der Waals surface area contributed by atoms with Gasteiger partial charge in [0.25, 0.3) is 0 Å². The van der Waals surface area contributed by atoms with Crippen molar-refractivity contribution < 1.29 is 9.53 Å². The van der Waals surface area contributed by atoms with Gasteiger partial charge in [0, 0.05) is 6.04 Å². The van der Waals surface area contributed by atoms with Gasteiger partial charge in [-0.2, -0.15) is 0 Å². The molecule has 4 nitrogen and oxygen atoms in total. The van der Waals surface area contributed by atoms with Crippen molar-refractivity contribution >= 4 is 17.3 Å². The molecule has 0 saturated heterocycles. The molecule has 0 bridgehead atoms. The molecule has 1 unspecified atom stereocenters. The first kappa shape index (κ1) is 11.8. The van der Waals surface area contributed by atoms with Crippen LogP contribution in [0.2, 0.25) is 0 Å². The third kappa shape index (κ3) is 1.84. The van der Waals surface area contributed by atoms with Gasteiger partial charge in [0.1, 0.15) is 17.5 Å². The number of anilines is 2. The van der Waals surface area contributed by atoms with Gasteiger partial charge in [-0.25, -0.2) is 0 Å². The van der Waals surface area contributed by atoms with E-state index in [1.54, 1.807) is 7.11 Å². The van der Waals surface area contributed by atoms with E-state index < -0.39 is 0 Å². The normalized spacial score (nSPS) is 19.0. The van der Waals surface area contributed by atoms with E-state index in [-0.39, 0.29) is 18.0 Å². The van der Waals surface area contributed by atoms with Gasteiger partial charge in [0.15, 0.2) is 0 Å². The first-order valence-corrected chi connectivity index (χ1v) is 5.83. The quantitative estimate of drug-likeness (QED) is 0.853. The lowest BCUT2D eigenvalue weighted by molar-refractivity contribution is -0.119. The van der Waals surface area contributed by atoms with Gasteiger partial charge in [-0.05, 0) is 32.9 Å². The molecule has 1 aromatic carbocycles. The van der Waals surface area contributed by atoms with Gasteiger partial charge in [0.05, 0.1) is 12.8 Å². The zero-order chi connectivity index (χ0) is 12.6. The first-order valence-electron chi connectivity index (χ1n) is 5.83. The fourth-order valence-corrected chi connectivity index (χ4v) is 2.17. The Morgan fingerprint density at radius 3 is 2.71 bits per heavy atom. The largest absolute Gasteiger partial charge is 0.495 e. The third-order valence-electron chi connectivity index (χ3n) is 2.97.